The molecule has 0 aromatic carbocycles. The van der Waals surface area contributed by atoms with E-state index in [0.717, 1.165) is 6.42 Å². The van der Waals surface area contributed by atoms with Gasteiger partial charge in [0.05, 0.1) is 37.6 Å². The third-order valence-corrected chi connectivity index (χ3v) is 4.00. The lowest BCUT2D eigenvalue weighted by atomic mass is 9.88. The van der Waals surface area contributed by atoms with Gasteiger partial charge >= 0.3 is 0 Å². The van der Waals surface area contributed by atoms with Crippen LogP contribution in [0.4, 0.5) is 0 Å². The fraction of sp³-hybridized carbons (Fsp3) is 1.00. The summed E-state index contributed by atoms with van der Waals surface area (Å²) in [5, 5.41) is 31.1. The number of aliphatic hydroxyl groups is 3. The van der Waals surface area contributed by atoms with Crippen LogP contribution in [0.3, 0.4) is 0 Å². The Morgan fingerprint density at radius 2 is 1.89 bits per heavy atom. The molecule has 0 saturated heterocycles. The smallest absolute Gasteiger partial charge is 0.0898 e. The van der Waals surface area contributed by atoms with Gasteiger partial charge in [0.2, 0.25) is 0 Å². The van der Waals surface area contributed by atoms with Gasteiger partial charge in [0.15, 0.2) is 0 Å². The largest absolute Gasteiger partial charge is 0.394 e. The second kappa shape index (κ2) is 8.17. The van der Waals surface area contributed by atoms with Crippen molar-refractivity contribution in [2.45, 2.75) is 57.3 Å². The highest BCUT2D eigenvalue weighted by molar-refractivity contribution is 4.82. The van der Waals surface area contributed by atoms with E-state index in [1.165, 1.54) is 19.3 Å². The highest BCUT2D eigenvalue weighted by atomic mass is 16.5. The fourth-order valence-corrected chi connectivity index (χ4v) is 2.35. The van der Waals surface area contributed by atoms with Gasteiger partial charge in [-0.05, 0) is 25.7 Å². The summed E-state index contributed by atoms with van der Waals surface area (Å²) < 4.78 is 5.77. The quantitative estimate of drug-likeness (QED) is 0.511. The average Bonchev–Trinajstić information content (AvgIpc) is 2.44. The van der Waals surface area contributed by atoms with Crippen molar-refractivity contribution in [1.82, 2.24) is 5.32 Å². The van der Waals surface area contributed by atoms with Crippen LogP contribution in [0.25, 0.3) is 0 Å². The van der Waals surface area contributed by atoms with Crippen LogP contribution in [0.5, 0.6) is 0 Å². The molecule has 19 heavy (non-hydrogen) atoms. The zero-order valence-electron chi connectivity index (χ0n) is 12.1. The van der Waals surface area contributed by atoms with Crippen LogP contribution in [0.15, 0.2) is 0 Å². The number of nitrogens with one attached hydrogen (secondary N) is 1. The summed E-state index contributed by atoms with van der Waals surface area (Å²) in [6.07, 6.45) is 4.39. The van der Waals surface area contributed by atoms with E-state index >= 15 is 0 Å². The Bertz CT molecular complexity index is 246. The molecule has 114 valence electrons. The molecule has 5 heteroatoms. The Hall–Kier alpha value is -0.200. The Kier molecular flexibility index (Phi) is 7.25. The van der Waals surface area contributed by atoms with Gasteiger partial charge in [-0.3, -0.25) is 0 Å². The fourth-order valence-electron chi connectivity index (χ4n) is 2.35. The maximum absolute atomic E-state index is 9.87. The molecule has 1 saturated carbocycles. The summed E-state index contributed by atoms with van der Waals surface area (Å²) in [5.74, 6) is 0.564. The van der Waals surface area contributed by atoms with Crippen LogP contribution in [-0.4, -0.2) is 59.4 Å². The van der Waals surface area contributed by atoms with Crippen molar-refractivity contribution in [3.63, 3.8) is 0 Å². The van der Waals surface area contributed by atoms with Crippen LogP contribution < -0.4 is 5.32 Å². The molecule has 5 nitrogen and oxygen atoms in total. The molecule has 3 unspecified atom stereocenters. The van der Waals surface area contributed by atoms with Gasteiger partial charge in [0.25, 0.3) is 0 Å². The van der Waals surface area contributed by atoms with Gasteiger partial charge in [-0.2, -0.15) is 0 Å². The summed E-state index contributed by atoms with van der Waals surface area (Å²) in [4.78, 5) is 0. The van der Waals surface area contributed by atoms with Crippen LogP contribution in [-0.2, 0) is 4.74 Å². The lowest BCUT2D eigenvalue weighted by Crippen LogP contribution is -2.52. The molecule has 0 aliphatic heterocycles. The van der Waals surface area contributed by atoms with Gasteiger partial charge in [-0.15, -0.1) is 0 Å². The molecule has 1 rings (SSSR count). The first-order valence-electron chi connectivity index (χ1n) is 7.27. The normalized spacial score (nSPS) is 26.4. The van der Waals surface area contributed by atoms with Crippen molar-refractivity contribution in [1.29, 1.82) is 0 Å². The maximum atomic E-state index is 9.87. The van der Waals surface area contributed by atoms with Gasteiger partial charge < -0.3 is 25.4 Å². The van der Waals surface area contributed by atoms with Crippen molar-refractivity contribution in [3.05, 3.63) is 0 Å². The van der Waals surface area contributed by atoms with E-state index in [4.69, 9.17) is 14.9 Å². The predicted octanol–water partition coefficient (Wildman–Crippen LogP) is 0.275. The molecule has 0 radical (unpaired) electrons. The number of rotatable bonds is 8. The van der Waals surface area contributed by atoms with E-state index in [-0.39, 0.29) is 19.3 Å². The molecule has 0 bridgehead atoms. The minimum atomic E-state index is -0.751. The molecular formula is C14H29NO4. The number of hydrogen-bond donors (Lipinski definition) is 4. The third kappa shape index (κ3) is 5.75. The highest BCUT2D eigenvalue weighted by Gasteiger charge is 2.25. The van der Waals surface area contributed by atoms with Crippen LogP contribution in [0.1, 0.15) is 39.5 Å². The Morgan fingerprint density at radius 3 is 2.47 bits per heavy atom. The summed E-state index contributed by atoms with van der Waals surface area (Å²) in [5.41, 5.74) is -0.751. The standard InChI is InChI=1S/C14H29NO4/c1-11-5-3-4-6-13(11)19-8-12(18)7-15-14(2,9-16)10-17/h11-13,15-18H,3-10H2,1-2H3. The number of hydrogen-bond acceptors (Lipinski definition) is 5. The third-order valence-electron chi connectivity index (χ3n) is 4.00. The van der Waals surface area contributed by atoms with E-state index in [0.29, 0.717) is 19.1 Å². The van der Waals surface area contributed by atoms with Crippen LogP contribution in [0.2, 0.25) is 0 Å². The second-order valence-corrected chi connectivity index (χ2v) is 6.05. The molecule has 3 atom stereocenters. The Labute approximate surface area is 116 Å². The monoisotopic (exact) mass is 275 g/mol. The Morgan fingerprint density at radius 1 is 1.26 bits per heavy atom. The molecule has 0 aromatic heterocycles. The summed E-state index contributed by atoms with van der Waals surface area (Å²) >= 11 is 0. The van der Waals surface area contributed by atoms with Crippen molar-refractivity contribution in [2.75, 3.05) is 26.4 Å². The highest BCUT2D eigenvalue weighted by Crippen LogP contribution is 2.26. The first-order valence-corrected chi connectivity index (χ1v) is 7.27. The van der Waals surface area contributed by atoms with Gasteiger partial charge in [-0.1, -0.05) is 19.8 Å². The number of β-amino-alcohol motifs (C(OH)–C–C–N with tert-alkyl or cyclic N) is 1. The molecule has 0 amide bonds. The zero-order valence-corrected chi connectivity index (χ0v) is 12.1. The van der Waals surface area contributed by atoms with Crippen molar-refractivity contribution in [2.24, 2.45) is 5.92 Å². The molecular weight excluding hydrogens is 246 g/mol. The minimum Gasteiger partial charge on any atom is -0.394 e. The lowest BCUT2D eigenvalue weighted by molar-refractivity contribution is -0.0478. The first kappa shape index (κ1) is 16.9. The predicted molar refractivity (Wildman–Crippen MR) is 74.0 cm³/mol. The van der Waals surface area contributed by atoms with Crippen LogP contribution in [0, 0.1) is 5.92 Å². The van der Waals surface area contributed by atoms with Gasteiger partial charge in [0.1, 0.15) is 0 Å². The zero-order chi connectivity index (χ0) is 14.3. The number of aliphatic hydroxyl groups excluding tert-OH is 3. The van der Waals surface area contributed by atoms with E-state index in [2.05, 4.69) is 12.2 Å². The molecule has 4 N–H and O–H groups in total. The summed E-state index contributed by atoms with van der Waals surface area (Å²) in [7, 11) is 0. The average molecular weight is 275 g/mol. The van der Waals surface area contributed by atoms with Crippen molar-refractivity contribution >= 4 is 0 Å². The van der Waals surface area contributed by atoms with Crippen LogP contribution >= 0.6 is 0 Å². The second-order valence-electron chi connectivity index (χ2n) is 6.05. The van der Waals surface area contributed by atoms with Gasteiger partial charge in [0, 0.05) is 6.54 Å². The van der Waals surface area contributed by atoms with Gasteiger partial charge in [-0.25, -0.2) is 0 Å². The number of ether oxygens (including phenoxy) is 1. The van der Waals surface area contributed by atoms with Crippen molar-refractivity contribution in [3.8, 4) is 0 Å². The molecule has 0 spiro atoms. The lowest BCUT2D eigenvalue weighted by Gasteiger charge is -2.31. The summed E-state index contributed by atoms with van der Waals surface area (Å²) in [6, 6.07) is 0. The molecule has 0 heterocycles. The summed E-state index contributed by atoms with van der Waals surface area (Å²) in [6.45, 7) is 4.17. The van der Waals surface area contributed by atoms with E-state index < -0.39 is 11.6 Å². The van der Waals surface area contributed by atoms with E-state index in [1.54, 1.807) is 6.92 Å². The molecule has 1 aliphatic carbocycles. The van der Waals surface area contributed by atoms with Crippen molar-refractivity contribution < 1.29 is 20.1 Å². The molecule has 1 aliphatic rings. The topological polar surface area (TPSA) is 82.0 Å². The minimum absolute atomic E-state index is 0.170. The Balaban J connectivity index is 2.22. The van der Waals surface area contributed by atoms with E-state index in [1.807, 2.05) is 0 Å². The SMILES string of the molecule is CC1CCCCC1OCC(O)CNC(C)(CO)CO. The maximum Gasteiger partial charge on any atom is 0.0898 e. The first-order chi connectivity index (χ1) is 9.00. The molecule has 1 fully saturated rings. The molecule has 0 aromatic rings. The van der Waals surface area contributed by atoms with E-state index in [9.17, 15) is 5.11 Å².